The van der Waals surface area contributed by atoms with Gasteiger partial charge >= 0.3 is 6.03 Å². The lowest BCUT2D eigenvalue weighted by molar-refractivity contribution is 0.252. The van der Waals surface area contributed by atoms with Gasteiger partial charge in [-0.25, -0.2) is 4.79 Å². The zero-order valence-electron chi connectivity index (χ0n) is 13.2. The fourth-order valence-corrected chi connectivity index (χ4v) is 2.76. The molecule has 4 heteroatoms. The fraction of sp³-hybridized carbons (Fsp3) is 0.278. The molecule has 2 aromatic rings. The largest absolute Gasteiger partial charge is 0.338 e. The maximum atomic E-state index is 12.0. The molecular formula is C18H21ClN2O. The lowest BCUT2D eigenvalue weighted by Crippen LogP contribution is -2.31. The molecule has 0 aliphatic rings. The number of halogens is 1. The van der Waals surface area contributed by atoms with E-state index in [0.717, 1.165) is 28.8 Å². The highest BCUT2D eigenvalue weighted by atomic mass is 35.5. The Labute approximate surface area is 136 Å². The quantitative estimate of drug-likeness (QED) is 0.848. The van der Waals surface area contributed by atoms with Crippen molar-refractivity contribution in [1.29, 1.82) is 0 Å². The Balaban J connectivity index is 1.89. The van der Waals surface area contributed by atoms with Crippen molar-refractivity contribution >= 4 is 23.3 Å². The molecule has 0 spiro atoms. The molecule has 0 saturated carbocycles. The summed E-state index contributed by atoms with van der Waals surface area (Å²) in [5.74, 6) is 0. The van der Waals surface area contributed by atoms with Crippen molar-refractivity contribution < 1.29 is 4.79 Å². The zero-order valence-corrected chi connectivity index (χ0v) is 13.9. The van der Waals surface area contributed by atoms with E-state index >= 15 is 0 Å². The van der Waals surface area contributed by atoms with Gasteiger partial charge in [0.1, 0.15) is 0 Å². The number of benzene rings is 2. The van der Waals surface area contributed by atoms with E-state index in [0.29, 0.717) is 11.6 Å². The number of hydrogen-bond donors (Lipinski definition) is 2. The van der Waals surface area contributed by atoms with Gasteiger partial charge in [0.2, 0.25) is 0 Å². The molecule has 0 bridgehead atoms. The van der Waals surface area contributed by atoms with E-state index in [1.165, 1.54) is 5.56 Å². The third-order valence-electron chi connectivity index (χ3n) is 3.50. The molecule has 22 heavy (non-hydrogen) atoms. The number of carbonyl (C=O) groups is 1. The topological polar surface area (TPSA) is 41.1 Å². The molecule has 0 atom stereocenters. The molecule has 2 N–H and O–H groups in total. The minimum atomic E-state index is -0.183. The van der Waals surface area contributed by atoms with Gasteiger partial charge in [-0.2, -0.15) is 0 Å². The van der Waals surface area contributed by atoms with Gasteiger partial charge in [0.25, 0.3) is 0 Å². The molecule has 0 aromatic heterocycles. The van der Waals surface area contributed by atoms with Crippen molar-refractivity contribution in [3.05, 3.63) is 63.7 Å². The summed E-state index contributed by atoms with van der Waals surface area (Å²) in [5.41, 5.74) is 5.33. The summed E-state index contributed by atoms with van der Waals surface area (Å²) in [4.78, 5) is 12.0. The van der Waals surface area contributed by atoms with Gasteiger partial charge in [0, 0.05) is 17.3 Å². The Kier molecular flexibility index (Phi) is 5.45. The predicted octanol–water partition coefficient (Wildman–Crippen LogP) is 4.63. The number of urea groups is 1. The molecule has 0 fully saturated rings. The van der Waals surface area contributed by atoms with Gasteiger partial charge in [0.05, 0.1) is 0 Å². The van der Waals surface area contributed by atoms with Crippen LogP contribution in [0, 0.1) is 20.8 Å². The minimum Gasteiger partial charge on any atom is -0.338 e. The molecule has 0 heterocycles. The number of nitrogens with one attached hydrogen (secondary N) is 2. The van der Waals surface area contributed by atoms with Gasteiger partial charge in [-0.05, 0) is 56.0 Å². The van der Waals surface area contributed by atoms with E-state index in [1.54, 1.807) is 0 Å². The summed E-state index contributed by atoms with van der Waals surface area (Å²) >= 11 is 5.94. The van der Waals surface area contributed by atoms with Crippen molar-refractivity contribution in [3.8, 4) is 0 Å². The normalized spacial score (nSPS) is 10.4. The summed E-state index contributed by atoms with van der Waals surface area (Å²) in [5, 5.41) is 6.52. The SMILES string of the molecule is Cc1cc(C)c(NC(=O)NCCc2cccc(Cl)c2)c(C)c1. The highest BCUT2D eigenvalue weighted by Gasteiger charge is 2.07. The second-order valence-corrected chi connectivity index (χ2v) is 5.97. The van der Waals surface area contributed by atoms with E-state index in [4.69, 9.17) is 11.6 Å². The Morgan fingerprint density at radius 1 is 1.09 bits per heavy atom. The van der Waals surface area contributed by atoms with Gasteiger partial charge < -0.3 is 10.6 Å². The van der Waals surface area contributed by atoms with Gasteiger partial charge in [-0.3, -0.25) is 0 Å². The third kappa shape index (κ3) is 4.50. The van der Waals surface area contributed by atoms with E-state index in [-0.39, 0.29) is 6.03 Å². The number of anilines is 1. The summed E-state index contributed by atoms with van der Waals surface area (Å²) < 4.78 is 0. The van der Waals surface area contributed by atoms with Crippen molar-refractivity contribution in [2.75, 3.05) is 11.9 Å². The molecule has 2 aromatic carbocycles. The monoisotopic (exact) mass is 316 g/mol. The van der Waals surface area contributed by atoms with Crippen LogP contribution in [-0.2, 0) is 6.42 Å². The first-order valence-electron chi connectivity index (χ1n) is 7.33. The van der Waals surface area contributed by atoms with Crippen LogP contribution in [0.2, 0.25) is 5.02 Å². The summed E-state index contributed by atoms with van der Waals surface area (Å²) in [7, 11) is 0. The maximum absolute atomic E-state index is 12.0. The fourth-order valence-electron chi connectivity index (χ4n) is 2.55. The van der Waals surface area contributed by atoms with Crippen LogP contribution < -0.4 is 10.6 Å². The van der Waals surface area contributed by atoms with Crippen LogP contribution >= 0.6 is 11.6 Å². The van der Waals surface area contributed by atoms with Crippen LogP contribution in [0.1, 0.15) is 22.3 Å². The standard InChI is InChI=1S/C18H21ClN2O/c1-12-9-13(2)17(14(3)10-12)21-18(22)20-8-7-15-5-4-6-16(19)11-15/h4-6,9-11H,7-8H2,1-3H3,(H2,20,21,22). The number of aryl methyl sites for hydroxylation is 3. The Hall–Kier alpha value is -2.00. The molecule has 0 aliphatic heterocycles. The van der Waals surface area contributed by atoms with E-state index in [2.05, 4.69) is 29.7 Å². The van der Waals surface area contributed by atoms with Crippen LogP contribution in [-0.4, -0.2) is 12.6 Å². The summed E-state index contributed by atoms with van der Waals surface area (Å²) in [6, 6.07) is 11.6. The maximum Gasteiger partial charge on any atom is 0.319 e. The molecule has 0 saturated heterocycles. The van der Waals surface area contributed by atoms with Crippen molar-refractivity contribution in [1.82, 2.24) is 5.32 Å². The lowest BCUT2D eigenvalue weighted by Gasteiger charge is -2.13. The first kappa shape index (κ1) is 16.4. The second kappa shape index (κ2) is 7.32. The molecule has 2 rings (SSSR count). The van der Waals surface area contributed by atoms with Crippen LogP contribution in [0.4, 0.5) is 10.5 Å². The summed E-state index contributed by atoms with van der Waals surface area (Å²) in [6.45, 7) is 6.62. The Morgan fingerprint density at radius 3 is 2.41 bits per heavy atom. The van der Waals surface area contributed by atoms with Gasteiger partial charge in [-0.1, -0.05) is 41.4 Å². The molecule has 116 valence electrons. The van der Waals surface area contributed by atoms with E-state index in [1.807, 2.05) is 38.1 Å². The lowest BCUT2D eigenvalue weighted by atomic mass is 10.1. The van der Waals surface area contributed by atoms with Crippen molar-refractivity contribution in [3.63, 3.8) is 0 Å². The van der Waals surface area contributed by atoms with Crippen LogP contribution in [0.25, 0.3) is 0 Å². The van der Waals surface area contributed by atoms with Crippen molar-refractivity contribution in [2.24, 2.45) is 0 Å². The molecule has 3 nitrogen and oxygen atoms in total. The van der Waals surface area contributed by atoms with E-state index < -0.39 is 0 Å². The molecule has 0 aliphatic carbocycles. The predicted molar refractivity (Wildman–Crippen MR) is 92.8 cm³/mol. The summed E-state index contributed by atoms with van der Waals surface area (Å²) in [6.07, 6.45) is 0.750. The number of rotatable bonds is 4. The van der Waals surface area contributed by atoms with Crippen molar-refractivity contribution in [2.45, 2.75) is 27.2 Å². The van der Waals surface area contributed by atoms with Crippen LogP contribution in [0.5, 0.6) is 0 Å². The highest BCUT2D eigenvalue weighted by molar-refractivity contribution is 6.30. The zero-order chi connectivity index (χ0) is 16.1. The van der Waals surface area contributed by atoms with Crippen LogP contribution in [0.15, 0.2) is 36.4 Å². The minimum absolute atomic E-state index is 0.183. The molecule has 2 amide bonds. The number of amides is 2. The first-order chi connectivity index (χ1) is 10.5. The average Bonchev–Trinajstić information content (AvgIpc) is 2.43. The van der Waals surface area contributed by atoms with E-state index in [9.17, 15) is 4.79 Å². The van der Waals surface area contributed by atoms with Crippen LogP contribution in [0.3, 0.4) is 0 Å². The second-order valence-electron chi connectivity index (χ2n) is 5.53. The van der Waals surface area contributed by atoms with Gasteiger partial charge in [0.15, 0.2) is 0 Å². The Morgan fingerprint density at radius 2 is 1.77 bits per heavy atom. The molecule has 0 unspecified atom stereocenters. The number of carbonyl (C=O) groups excluding carboxylic acids is 1. The Bertz CT molecular complexity index is 660. The first-order valence-corrected chi connectivity index (χ1v) is 7.70. The smallest absolute Gasteiger partial charge is 0.319 e. The molecule has 0 radical (unpaired) electrons. The molecular weight excluding hydrogens is 296 g/mol. The third-order valence-corrected chi connectivity index (χ3v) is 3.74. The average molecular weight is 317 g/mol. The van der Waals surface area contributed by atoms with Gasteiger partial charge in [-0.15, -0.1) is 0 Å². The highest BCUT2D eigenvalue weighted by Crippen LogP contribution is 2.21. The number of hydrogen-bond acceptors (Lipinski definition) is 1.